The first-order valence-electron chi connectivity index (χ1n) is 11.3. The first-order chi connectivity index (χ1) is 15.8. The lowest BCUT2D eigenvalue weighted by molar-refractivity contribution is 0.0526. The zero-order valence-corrected chi connectivity index (χ0v) is 21.6. The Balaban J connectivity index is 1.79. The van der Waals surface area contributed by atoms with Crippen LogP contribution >= 0.6 is 34.5 Å². The minimum absolute atomic E-state index is 0.266. The fourth-order valence-electron chi connectivity index (χ4n) is 3.75. The fourth-order valence-corrected chi connectivity index (χ4v) is 5.65. The topological polar surface area (TPSA) is 67.9 Å². The predicted molar refractivity (Wildman–Crippen MR) is 134 cm³/mol. The molecular formula is C24H30Cl2N2O4S. The number of fused-ring (bicyclic) bond motifs is 1. The van der Waals surface area contributed by atoms with E-state index in [-0.39, 0.29) is 16.7 Å². The van der Waals surface area contributed by atoms with Crippen LogP contribution in [0.5, 0.6) is 5.75 Å². The number of rotatable bonds is 10. The third-order valence-corrected chi connectivity index (χ3v) is 7.15. The number of benzene rings is 1. The average molecular weight is 513 g/mol. The van der Waals surface area contributed by atoms with Crippen molar-refractivity contribution in [2.75, 3.05) is 32.1 Å². The maximum absolute atomic E-state index is 13.0. The summed E-state index contributed by atoms with van der Waals surface area (Å²) in [6.45, 7) is 6.27. The van der Waals surface area contributed by atoms with Crippen LogP contribution in [0.4, 0.5) is 5.00 Å². The molecule has 0 saturated carbocycles. The number of ether oxygens (including phenoxy) is 2. The molecule has 1 amide bonds. The van der Waals surface area contributed by atoms with Gasteiger partial charge in [0.1, 0.15) is 5.00 Å². The van der Waals surface area contributed by atoms with Crippen molar-refractivity contribution in [3.63, 3.8) is 0 Å². The van der Waals surface area contributed by atoms with Crippen LogP contribution in [0.3, 0.4) is 0 Å². The van der Waals surface area contributed by atoms with Gasteiger partial charge in [-0.05, 0) is 44.5 Å². The Morgan fingerprint density at radius 1 is 1.15 bits per heavy atom. The molecular weight excluding hydrogens is 483 g/mol. The van der Waals surface area contributed by atoms with Crippen molar-refractivity contribution in [2.24, 2.45) is 0 Å². The molecule has 1 aliphatic rings. The van der Waals surface area contributed by atoms with Crippen LogP contribution in [0.2, 0.25) is 10.0 Å². The molecule has 1 aliphatic heterocycles. The van der Waals surface area contributed by atoms with Crippen LogP contribution in [0, 0.1) is 0 Å². The Bertz CT molecular complexity index is 986. The SMILES string of the molecule is CCCCCCOc1c(Cl)cc(C(=O)Nc2sc3c(c2C(=O)OCC)CCN(C)C3)cc1Cl. The smallest absolute Gasteiger partial charge is 0.341 e. The van der Waals surface area contributed by atoms with Gasteiger partial charge in [-0.1, -0.05) is 49.4 Å². The molecule has 0 aliphatic carbocycles. The minimum Gasteiger partial charge on any atom is -0.490 e. The number of unbranched alkanes of at least 4 members (excludes halogenated alkanes) is 3. The van der Waals surface area contributed by atoms with E-state index in [0.717, 1.165) is 55.6 Å². The first kappa shape index (κ1) is 25.8. The second-order valence-electron chi connectivity index (χ2n) is 8.05. The maximum atomic E-state index is 13.0. The molecule has 6 nitrogen and oxygen atoms in total. The number of nitrogens with zero attached hydrogens (tertiary/aromatic N) is 1. The normalized spacial score (nSPS) is 13.5. The van der Waals surface area contributed by atoms with Crippen LogP contribution in [0.25, 0.3) is 0 Å². The Hall–Kier alpha value is -1.80. The number of carbonyl (C=O) groups excluding carboxylic acids is 2. The number of likely N-dealkylation sites (N-methyl/N-ethyl adjacent to an activating group) is 1. The van der Waals surface area contributed by atoms with E-state index < -0.39 is 11.9 Å². The van der Waals surface area contributed by atoms with Gasteiger partial charge in [-0.2, -0.15) is 0 Å². The van der Waals surface area contributed by atoms with Gasteiger partial charge >= 0.3 is 5.97 Å². The van der Waals surface area contributed by atoms with Gasteiger partial charge in [-0.3, -0.25) is 4.79 Å². The summed E-state index contributed by atoms with van der Waals surface area (Å²) in [6, 6.07) is 3.07. The monoisotopic (exact) mass is 512 g/mol. The highest BCUT2D eigenvalue weighted by Gasteiger charge is 2.29. The van der Waals surface area contributed by atoms with Crippen molar-refractivity contribution in [2.45, 2.75) is 52.5 Å². The minimum atomic E-state index is -0.419. The lowest BCUT2D eigenvalue weighted by atomic mass is 10.0. The Morgan fingerprint density at radius 3 is 2.55 bits per heavy atom. The molecule has 3 rings (SSSR count). The van der Waals surface area contributed by atoms with Gasteiger partial charge in [0.25, 0.3) is 5.91 Å². The molecule has 33 heavy (non-hydrogen) atoms. The Labute approximate surface area is 209 Å². The molecule has 1 N–H and O–H groups in total. The number of carbonyl (C=O) groups is 2. The summed E-state index contributed by atoms with van der Waals surface area (Å²) in [5.74, 6) is -0.434. The number of halogens is 2. The van der Waals surface area contributed by atoms with E-state index in [2.05, 4.69) is 17.1 Å². The number of hydrogen-bond donors (Lipinski definition) is 1. The number of anilines is 1. The lowest BCUT2D eigenvalue weighted by Gasteiger charge is -2.22. The van der Waals surface area contributed by atoms with Gasteiger partial charge in [-0.25, -0.2) is 4.79 Å². The highest BCUT2D eigenvalue weighted by atomic mass is 35.5. The second kappa shape index (κ2) is 12.1. The van der Waals surface area contributed by atoms with Gasteiger partial charge in [0.2, 0.25) is 0 Å². The summed E-state index contributed by atoms with van der Waals surface area (Å²) < 4.78 is 11.0. The fraction of sp³-hybridized carbons (Fsp3) is 0.500. The summed E-state index contributed by atoms with van der Waals surface area (Å²) in [6.07, 6.45) is 5.02. The summed E-state index contributed by atoms with van der Waals surface area (Å²) in [7, 11) is 2.03. The van der Waals surface area contributed by atoms with E-state index in [9.17, 15) is 9.59 Å². The number of hydrogen-bond acceptors (Lipinski definition) is 6. The van der Waals surface area contributed by atoms with Crippen molar-refractivity contribution in [1.82, 2.24) is 4.90 Å². The zero-order chi connectivity index (χ0) is 24.0. The highest BCUT2D eigenvalue weighted by molar-refractivity contribution is 7.17. The molecule has 180 valence electrons. The molecule has 1 aromatic carbocycles. The van der Waals surface area contributed by atoms with Crippen LogP contribution in [-0.2, 0) is 17.7 Å². The van der Waals surface area contributed by atoms with E-state index in [4.69, 9.17) is 32.7 Å². The third kappa shape index (κ3) is 6.41. The molecule has 0 radical (unpaired) electrons. The Morgan fingerprint density at radius 2 is 1.88 bits per heavy atom. The van der Waals surface area contributed by atoms with Gasteiger partial charge in [0, 0.05) is 23.5 Å². The second-order valence-corrected chi connectivity index (χ2v) is 9.97. The summed E-state index contributed by atoms with van der Waals surface area (Å²) in [5.41, 5.74) is 1.69. The van der Waals surface area contributed by atoms with Crippen LogP contribution in [-0.4, -0.2) is 43.6 Å². The standard InChI is InChI=1S/C24H30Cl2N2O4S/c1-4-6-7-8-11-32-21-17(25)12-15(13-18(21)26)22(29)27-23-20(24(30)31-5-2)16-9-10-28(3)14-19(16)33-23/h12-13H,4-11,14H2,1-3H3,(H,27,29). The van der Waals surface area contributed by atoms with E-state index in [1.807, 2.05) is 7.05 Å². The predicted octanol–water partition coefficient (Wildman–Crippen LogP) is 6.43. The molecule has 0 atom stereocenters. The molecule has 0 spiro atoms. The van der Waals surface area contributed by atoms with E-state index in [1.54, 1.807) is 6.92 Å². The largest absolute Gasteiger partial charge is 0.490 e. The van der Waals surface area contributed by atoms with Crippen molar-refractivity contribution >= 4 is 51.4 Å². The molecule has 0 bridgehead atoms. The number of nitrogens with one attached hydrogen (secondary N) is 1. The number of esters is 1. The van der Waals surface area contributed by atoms with Gasteiger partial charge in [-0.15, -0.1) is 11.3 Å². The van der Waals surface area contributed by atoms with Gasteiger partial charge in [0.15, 0.2) is 5.75 Å². The molecule has 0 unspecified atom stereocenters. The highest BCUT2D eigenvalue weighted by Crippen LogP contribution is 2.39. The van der Waals surface area contributed by atoms with Crippen molar-refractivity contribution in [1.29, 1.82) is 0 Å². The van der Waals surface area contributed by atoms with Crippen LogP contribution in [0.15, 0.2) is 12.1 Å². The zero-order valence-electron chi connectivity index (χ0n) is 19.3. The maximum Gasteiger partial charge on any atom is 0.341 e. The van der Waals surface area contributed by atoms with Gasteiger partial charge in [0.05, 0.1) is 28.8 Å². The van der Waals surface area contributed by atoms with Crippen molar-refractivity contribution in [3.8, 4) is 5.75 Å². The third-order valence-electron chi connectivity index (χ3n) is 5.46. The average Bonchev–Trinajstić information content (AvgIpc) is 3.11. The number of thiophene rings is 1. The summed E-state index contributed by atoms with van der Waals surface area (Å²) >= 11 is 14.2. The van der Waals surface area contributed by atoms with E-state index in [1.165, 1.54) is 23.5 Å². The van der Waals surface area contributed by atoms with Crippen LogP contribution < -0.4 is 10.1 Å². The van der Waals surface area contributed by atoms with Crippen molar-refractivity contribution in [3.05, 3.63) is 43.7 Å². The number of amides is 1. The van der Waals surface area contributed by atoms with Gasteiger partial charge < -0.3 is 19.7 Å². The van der Waals surface area contributed by atoms with E-state index in [0.29, 0.717) is 28.5 Å². The molecule has 9 heteroatoms. The van der Waals surface area contributed by atoms with Crippen molar-refractivity contribution < 1.29 is 19.1 Å². The summed E-state index contributed by atoms with van der Waals surface area (Å²) in [4.78, 5) is 29.0. The van der Waals surface area contributed by atoms with E-state index >= 15 is 0 Å². The Kier molecular flexibility index (Phi) is 9.44. The molecule has 2 aromatic rings. The molecule has 1 aromatic heterocycles. The molecule has 0 fully saturated rings. The molecule has 0 saturated heterocycles. The molecule has 2 heterocycles. The van der Waals surface area contributed by atoms with Crippen LogP contribution in [0.1, 0.15) is 70.7 Å². The lowest BCUT2D eigenvalue weighted by Crippen LogP contribution is -2.26. The quantitative estimate of drug-likeness (QED) is 0.293. The first-order valence-corrected chi connectivity index (χ1v) is 12.9. The summed E-state index contributed by atoms with van der Waals surface area (Å²) in [5, 5.41) is 3.93.